The Morgan fingerprint density at radius 1 is 1.42 bits per heavy atom. The summed E-state index contributed by atoms with van der Waals surface area (Å²) in [6.07, 6.45) is 2.72. The number of aromatic nitrogens is 4. The van der Waals surface area contributed by atoms with Crippen LogP contribution < -0.4 is 5.73 Å². The number of hydrogen-bond donors (Lipinski definition) is 2. The number of imidazole rings is 1. The van der Waals surface area contributed by atoms with Crippen LogP contribution in [0.3, 0.4) is 0 Å². The van der Waals surface area contributed by atoms with Crippen molar-refractivity contribution in [3.05, 3.63) is 12.7 Å². The maximum atomic E-state index is 9.06. The summed E-state index contributed by atoms with van der Waals surface area (Å²) in [4.78, 5) is 12.2. The Morgan fingerprint density at radius 2 is 2.26 bits per heavy atom. The number of rotatable bonds is 7. The predicted octanol–water partition coefficient (Wildman–Crippen LogP) is -0.568. The molecule has 0 aliphatic rings. The fraction of sp³-hybridized carbons (Fsp3) is 0.545. The molecule has 0 aliphatic carbocycles. The highest BCUT2D eigenvalue weighted by Gasteiger charge is 2.09. The Bertz CT molecular complexity index is 530. The van der Waals surface area contributed by atoms with Crippen molar-refractivity contribution in [3.63, 3.8) is 0 Å². The van der Waals surface area contributed by atoms with Crippen LogP contribution in [0, 0.1) is 0 Å². The van der Waals surface area contributed by atoms with Gasteiger partial charge in [-0.3, -0.25) is 0 Å². The lowest BCUT2D eigenvalue weighted by Crippen LogP contribution is -2.25. The van der Waals surface area contributed by atoms with Gasteiger partial charge in [0.2, 0.25) is 0 Å². The fourth-order valence-corrected chi connectivity index (χ4v) is 1.72. The highest BCUT2D eigenvalue weighted by Crippen LogP contribution is 2.13. The summed E-state index contributed by atoms with van der Waals surface area (Å²) in [6.45, 7) is 1.26. The first-order valence-corrected chi connectivity index (χ1v) is 5.89. The first kappa shape index (κ1) is 13.7. The van der Waals surface area contributed by atoms with E-state index in [1.54, 1.807) is 13.4 Å². The van der Waals surface area contributed by atoms with E-state index in [2.05, 4.69) is 15.0 Å². The summed E-state index contributed by atoms with van der Waals surface area (Å²) in [7, 11) is 1.56. The Balaban J connectivity index is 1.97. The number of nitrogens with two attached hydrogens (primary N) is 1. The van der Waals surface area contributed by atoms with E-state index < -0.39 is 0 Å². The Hall–Kier alpha value is -1.77. The molecule has 0 saturated heterocycles. The van der Waals surface area contributed by atoms with E-state index in [0.29, 0.717) is 36.7 Å². The topological polar surface area (TPSA) is 108 Å². The van der Waals surface area contributed by atoms with Gasteiger partial charge in [0.25, 0.3) is 0 Å². The molecular formula is C11H17N5O3. The maximum Gasteiger partial charge on any atom is 0.165 e. The number of aliphatic hydroxyl groups is 1. The number of fused-ring (bicyclic) bond motifs is 1. The Morgan fingerprint density at radius 3 is 3.00 bits per heavy atom. The molecule has 2 heterocycles. The highest BCUT2D eigenvalue weighted by atomic mass is 16.5. The summed E-state index contributed by atoms with van der Waals surface area (Å²) in [5.41, 5.74) is 6.95. The summed E-state index contributed by atoms with van der Waals surface area (Å²) < 4.78 is 12.2. The van der Waals surface area contributed by atoms with Crippen molar-refractivity contribution in [1.29, 1.82) is 0 Å². The molecular weight excluding hydrogens is 250 g/mol. The fourth-order valence-electron chi connectivity index (χ4n) is 1.72. The second-order valence-corrected chi connectivity index (χ2v) is 4.00. The first-order chi connectivity index (χ1) is 9.26. The lowest BCUT2D eigenvalue weighted by Gasteiger charge is -2.14. The van der Waals surface area contributed by atoms with Crippen molar-refractivity contribution < 1.29 is 14.6 Å². The van der Waals surface area contributed by atoms with Crippen molar-refractivity contribution in [1.82, 2.24) is 19.5 Å². The molecule has 104 valence electrons. The van der Waals surface area contributed by atoms with Crippen molar-refractivity contribution >= 4 is 17.0 Å². The average molecular weight is 267 g/mol. The number of nitrogen functional groups attached to an aromatic ring is 1. The van der Waals surface area contributed by atoms with Crippen LogP contribution in [-0.4, -0.2) is 57.7 Å². The van der Waals surface area contributed by atoms with Crippen molar-refractivity contribution in [3.8, 4) is 0 Å². The van der Waals surface area contributed by atoms with Gasteiger partial charge in [-0.25, -0.2) is 15.0 Å². The van der Waals surface area contributed by atoms with Gasteiger partial charge in [0.1, 0.15) is 17.9 Å². The van der Waals surface area contributed by atoms with Gasteiger partial charge in [0.15, 0.2) is 11.5 Å². The summed E-state index contributed by atoms with van der Waals surface area (Å²) in [5, 5.41) is 9.06. The van der Waals surface area contributed by atoms with E-state index in [9.17, 15) is 0 Å². The number of aliphatic hydroxyl groups excluding tert-OH is 1. The van der Waals surface area contributed by atoms with Gasteiger partial charge in [-0.05, 0) is 0 Å². The standard InChI is InChI=1S/C11H17N5O3/c1-18-5-8(4-17)19-3-2-16-7-15-9-10(12)13-6-14-11(9)16/h6-8,17H,2-5H2,1H3,(H2,12,13,14)/t8-/m0/s1. The normalized spacial score (nSPS) is 12.9. The molecule has 0 fully saturated rings. The lowest BCUT2D eigenvalue weighted by molar-refractivity contribution is -0.0332. The van der Waals surface area contributed by atoms with Crippen molar-refractivity contribution in [2.24, 2.45) is 0 Å². The molecule has 8 nitrogen and oxygen atoms in total. The van der Waals surface area contributed by atoms with Crippen LogP contribution in [0.4, 0.5) is 5.82 Å². The smallest absolute Gasteiger partial charge is 0.165 e. The van der Waals surface area contributed by atoms with E-state index in [1.807, 2.05) is 4.57 Å². The third kappa shape index (κ3) is 3.16. The second-order valence-electron chi connectivity index (χ2n) is 4.00. The highest BCUT2D eigenvalue weighted by molar-refractivity contribution is 5.80. The van der Waals surface area contributed by atoms with Gasteiger partial charge in [-0.15, -0.1) is 0 Å². The molecule has 0 unspecified atom stereocenters. The molecule has 2 aromatic rings. The van der Waals surface area contributed by atoms with E-state index >= 15 is 0 Å². The van der Waals surface area contributed by atoms with Gasteiger partial charge in [-0.2, -0.15) is 0 Å². The van der Waals surface area contributed by atoms with Crippen LogP contribution in [0.1, 0.15) is 0 Å². The van der Waals surface area contributed by atoms with Gasteiger partial charge in [-0.1, -0.05) is 0 Å². The van der Waals surface area contributed by atoms with E-state index in [1.165, 1.54) is 6.33 Å². The third-order valence-electron chi connectivity index (χ3n) is 2.67. The molecule has 3 N–H and O–H groups in total. The molecule has 0 radical (unpaired) electrons. The number of anilines is 1. The van der Waals surface area contributed by atoms with Crippen LogP contribution in [0.2, 0.25) is 0 Å². The SMILES string of the molecule is COC[C@H](CO)OCCn1cnc2c(N)ncnc21. The molecule has 8 heteroatoms. The summed E-state index contributed by atoms with van der Waals surface area (Å²) in [6, 6.07) is 0. The van der Waals surface area contributed by atoms with E-state index in [4.69, 9.17) is 20.3 Å². The molecule has 0 bridgehead atoms. The number of ether oxygens (including phenoxy) is 2. The number of methoxy groups -OCH3 is 1. The second kappa shape index (κ2) is 6.41. The summed E-state index contributed by atoms with van der Waals surface area (Å²) >= 11 is 0. The van der Waals surface area contributed by atoms with Crippen molar-refractivity contribution in [2.75, 3.05) is 32.7 Å². The average Bonchev–Trinajstić information content (AvgIpc) is 2.83. The lowest BCUT2D eigenvalue weighted by atomic mass is 10.4. The van der Waals surface area contributed by atoms with E-state index in [0.717, 1.165) is 0 Å². The van der Waals surface area contributed by atoms with Gasteiger partial charge in [0.05, 0.1) is 26.1 Å². The monoisotopic (exact) mass is 267 g/mol. The molecule has 2 aromatic heterocycles. The predicted molar refractivity (Wildman–Crippen MR) is 68.4 cm³/mol. The molecule has 0 amide bonds. The van der Waals surface area contributed by atoms with Gasteiger partial charge < -0.3 is 24.9 Å². The zero-order chi connectivity index (χ0) is 13.7. The van der Waals surface area contributed by atoms with Gasteiger partial charge in [0, 0.05) is 13.7 Å². The van der Waals surface area contributed by atoms with Crippen LogP contribution in [0.5, 0.6) is 0 Å². The zero-order valence-electron chi connectivity index (χ0n) is 10.7. The molecule has 19 heavy (non-hydrogen) atoms. The molecule has 0 aromatic carbocycles. The van der Waals surface area contributed by atoms with Gasteiger partial charge >= 0.3 is 0 Å². The largest absolute Gasteiger partial charge is 0.394 e. The minimum absolute atomic E-state index is 0.0758. The number of nitrogens with zero attached hydrogens (tertiary/aromatic N) is 4. The number of hydrogen-bond acceptors (Lipinski definition) is 7. The molecule has 2 rings (SSSR count). The molecule has 0 saturated carbocycles. The quantitative estimate of drug-likeness (QED) is 0.691. The minimum atomic E-state index is -0.320. The Kier molecular flexibility index (Phi) is 4.61. The first-order valence-electron chi connectivity index (χ1n) is 5.89. The van der Waals surface area contributed by atoms with Crippen molar-refractivity contribution in [2.45, 2.75) is 12.6 Å². The summed E-state index contributed by atoms with van der Waals surface area (Å²) in [5.74, 6) is 0.359. The van der Waals surface area contributed by atoms with Crippen LogP contribution >= 0.6 is 0 Å². The molecule has 0 spiro atoms. The van der Waals surface area contributed by atoms with Crippen LogP contribution in [0.15, 0.2) is 12.7 Å². The Labute approximate surface area is 110 Å². The van der Waals surface area contributed by atoms with E-state index in [-0.39, 0.29) is 12.7 Å². The molecule has 0 aliphatic heterocycles. The maximum absolute atomic E-state index is 9.06. The van der Waals surface area contributed by atoms with Crippen LogP contribution in [0.25, 0.3) is 11.2 Å². The molecule has 1 atom stereocenters. The third-order valence-corrected chi connectivity index (χ3v) is 2.67. The minimum Gasteiger partial charge on any atom is -0.394 e. The van der Waals surface area contributed by atoms with Crippen LogP contribution in [-0.2, 0) is 16.0 Å². The zero-order valence-corrected chi connectivity index (χ0v) is 10.7.